The number of amides is 2. The molecule has 1 aliphatic heterocycles. The van der Waals surface area contributed by atoms with Crippen LogP contribution in [0.1, 0.15) is 6.42 Å². The summed E-state index contributed by atoms with van der Waals surface area (Å²) < 4.78 is 4.76. The highest BCUT2D eigenvalue weighted by atomic mass is 16.6. The van der Waals surface area contributed by atoms with Crippen molar-refractivity contribution in [3.8, 4) is 0 Å². The Labute approximate surface area is 95.5 Å². The van der Waals surface area contributed by atoms with Gasteiger partial charge >= 0.3 is 6.09 Å². The van der Waals surface area contributed by atoms with Gasteiger partial charge in [0, 0.05) is 13.6 Å². The first kappa shape index (κ1) is 12.8. The van der Waals surface area contributed by atoms with Crippen LogP contribution in [0.5, 0.6) is 0 Å². The van der Waals surface area contributed by atoms with Crippen molar-refractivity contribution in [2.24, 2.45) is 0 Å². The lowest BCUT2D eigenvalue weighted by molar-refractivity contribution is -0.124. The molecule has 16 heavy (non-hydrogen) atoms. The molecule has 1 heterocycles. The van der Waals surface area contributed by atoms with E-state index in [0.29, 0.717) is 6.54 Å². The predicted octanol–water partition coefficient (Wildman–Crippen LogP) is -0.495. The molecule has 1 rings (SSSR count). The van der Waals surface area contributed by atoms with E-state index in [9.17, 15) is 9.59 Å². The second-order valence-corrected chi connectivity index (χ2v) is 4.15. The summed E-state index contributed by atoms with van der Waals surface area (Å²) >= 11 is 0. The third-order valence-electron chi connectivity index (χ3n) is 2.50. The molecule has 1 atom stereocenters. The maximum Gasteiger partial charge on any atom is 0.410 e. The Morgan fingerprint density at radius 3 is 2.81 bits per heavy atom. The summed E-state index contributed by atoms with van der Waals surface area (Å²) in [5, 5.41) is 2.79. The topological polar surface area (TPSA) is 61.9 Å². The molecular formula is C10H19N3O3. The number of cyclic esters (lactones) is 1. The number of hydrogen-bond donors (Lipinski definition) is 1. The van der Waals surface area contributed by atoms with E-state index in [2.05, 4.69) is 10.2 Å². The van der Waals surface area contributed by atoms with Crippen LogP contribution in [0.3, 0.4) is 0 Å². The normalized spacial score (nSPS) is 20.1. The van der Waals surface area contributed by atoms with E-state index in [1.165, 1.54) is 4.90 Å². The summed E-state index contributed by atoms with van der Waals surface area (Å²) in [4.78, 5) is 26.0. The molecule has 92 valence electrons. The first-order chi connectivity index (χ1) is 7.52. The molecule has 0 aliphatic carbocycles. The van der Waals surface area contributed by atoms with E-state index in [-0.39, 0.29) is 12.5 Å². The smallest absolute Gasteiger partial charge is 0.410 e. The van der Waals surface area contributed by atoms with Crippen LogP contribution in [0.4, 0.5) is 4.79 Å². The molecular weight excluding hydrogens is 210 g/mol. The van der Waals surface area contributed by atoms with Crippen LogP contribution >= 0.6 is 0 Å². The fourth-order valence-electron chi connectivity index (χ4n) is 1.47. The highest BCUT2D eigenvalue weighted by Crippen LogP contribution is 2.08. The summed E-state index contributed by atoms with van der Waals surface area (Å²) in [6.45, 7) is 1.70. The van der Waals surface area contributed by atoms with E-state index >= 15 is 0 Å². The number of rotatable bonds is 5. The van der Waals surface area contributed by atoms with Gasteiger partial charge in [-0.15, -0.1) is 0 Å². The van der Waals surface area contributed by atoms with Gasteiger partial charge in [-0.25, -0.2) is 4.79 Å². The highest BCUT2D eigenvalue weighted by Gasteiger charge is 2.34. The number of nitrogens with zero attached hydrogens (tertiary/aromatic N) is 2. The standard InChI is InChI=1S/C10H19N3O3/c1-12(2)6-4-5-11-9(14)8-7-16-10(15)13(8)3/h8H,4-7H2,1-3H3,(H,11,14). The van der Waals surface area contributed by atoms with Crippen LogP contribution in [-0.4, -0.2) is 68.7 Å². The molecule has 2 amide bonds. The van der Waals surface area contributed by atoms with Crippen molar-refractivity contribution in [2.75, 3.05) is 40.8 Å². The SMILES string of the molecule is CN(C)CCCNC(=O)C1COC(=O)N1C. The first-order valence-electron chi connectivity index (χ1n) is 5.34. The van der Waals surface area contributed by atoms with Gasteiger partial charge in [-0.2, -0.15) is 0 Å². The van der Waals surface area contributed by atoms with Gasteiger partial charge in [0.05, 0.1) is 0 Å². The Hall–Kier alpha value is -1.30. The van der Waals surface area contributed by atoms with Crippen molar-refractivity contribution in [2.45, 2.75) is 12.5 Å². The Morgan fingerprint density at radius 2 is 2.31 bits per heavy atom. The van der Waals surface area contributed by atoms with Gasteiger partial charge in [0.2, 0.25) is 5.91 Å². The summed E-state index contributed by atoms with van der Waals surface area (Å²) in [6, 6.07) is -0.480. The van der Waals surface area contributed by atoms with E-state index < -0.39 is 12.1 Å². The summed E-state index contributed by atoms with van der Waals surface area (Å²) in [5.41, 5.74) is 0. The van der Waals surface area contributed by atoms with E-state index in [1.807, 2.05) is 14.1 Å². The molecule has 0 aromatic heterocycles. The summed E-state index contributed by atoms with van der Waals surface area (Å²) in [5.74, 6) is -0.146. The molecule has 6 heteroatoms. The zero-order valence-electron chi connectivity index (χ0n) is 10.0. The average Bonchev–Trinajstić information content (AvgIpc) is 2.54. The zero-order chi connectivity index (χ0) is 12.1. The number of ether oxygens (including phenoxy) is 1. The lowest BCUT2D eigenvalue weighted by Crippen LogP contribution is -2.44. The molecule has 6 nitrogen and oxygen atoms in total. The number of carbonyl (C=O) groups excluding carboxylic acids is 2. The minimum absolute atomic E-state index is 0.146. The predicted molar refractivity (Wildman–Crippen MR) is 59.1 cm³/mol. The van der Waals surface area contributed by atoms with Crippen molar-refractivity contribution in [3.63, 3.8) is 0 Å². The van der Waals surface area contributed by atoms with Crippen molar-refractivity contribution < 1.29 is 14.3 Å². The number of carbonyl (C=O) groups is 2. The second kappa shape index (κ2) is 5.69. The van der Waals surface area contributed by atoms with E-state index in [4.69, 9.17) is 4.74 Å². The van der Waals surface area contributed by atoms with Crippen molar-refractivity contribution in [1.82, 2.24) is 15.1 Å². The Morgan fingerprint density at radius 1 is 1.62 bits per heavy atom. The molecule has 1 aliphatic rings. The van der Waals surface area contributed by atoms with Gasteiger partial charge in [0.15, 0.2) is 0 Å². The molecule has 0 aromatic carbocycles. The third kappa shape index (κ3) is 3.37. The van der Waals surface area contributed by atoms with Crippen LogP contribution in [-0.2, 0) is 9.53 Å². The molecule has 0 aromatic rings. The van der Waals surface area contributed by atoms with Crippen molar-refractivity contribution in [3.05, 3.63) is 0 Å². The lowest BCUT2D eigenvalue weighted by Gasteiger charge is -2.16. The van der Waals surface area contributed by atoms with E-state index in [1.54, 1.807) is 7.05 Å². The van der Waals surface area contributed by atoms with Gasteiger partial charge in [-0.05, 0) is 27.1 Å². The minimum Gasteiger partial charge on any atom is -0.447 e. The molecule has 0 bridgehead atoms. The molecule has 1 unspecified atom stereocenters. The fraction of sp³-hybridized carbons (Fsp3) is 0.800. The Bertz CT molecular complexity index is 268. The summed E-state index contributed by atoms with van der Waals surface area (Å²) in [6.07, 6.45) is 0.456. The van der Waals surface area contributed by atoms with Gasteiger partial charge in [-0.3, -0.25) is 9.69 Å². The average molecular weight is 229 g/mol. The quantitative estimate of drug-likeness (QED) is 0.646. The number of likely N-dealkylation sites (N-methyl/N-ethyl adjacent to an activating group) is 1. The maximum absolute atomic E-state index is 11.6. The highest BCUT2D eigenvalue weighted by molar-refractivity contribution is 5.87. The van der Waals surface area contributed by atoms with Crippen molar-refractivity contribution >= 4 is 12.0 Å². The number of nitrogens with one attached hydrogen (secondary N) is 1. The third-order valence-corrected chi connectivity index (χ3v) is 2.50. The van der Waals surface area contributed by atoms with E-state index in [0.717, 1.165) is 13.0 Å². The largest absolute Gasteiger partial charge is 0.447 e. The number of hydrogen-bond acceptors (Lipinski definition) is 4. The van der Waals surface area contributed by atoms with Crippen LogP contribution in [0.25, 0.3) is 0 Å². The molecule has 1 saturated heterocycles. The molecule has 0 spiro atoms. The summed E-state index contributed by atoms with van der Waals surface area (Å²) in [7, 11) is 5.54. The van der Waals surface area contributed by atoms with Crippen LogP contribution in [0.2, 0.25) is 0 Å². The molecule has 0 saturated carbocycles. The van der Waals surface area contributed by atoms with Gasteiger partial charge in [0.1, 0.15) is 12.6 Å². The van der Waals surface area contributed by atoms with Crippen LogP contribution < -0.4 is 5.32 Å². The van der Waals surface area contributed by atoms with Gasteiger partial charge in [0.25, 0.3) is 0 Å². The first-order valence-corrected chi connectivity index (χ1v) is 5.34. The monoisotopic (exact) mass is 229 g/mol. The molecule has 1 N–H and O–H groups in total. The Balaban J connectivity index is 2.23. The molecule has 1 fully saturated rings. The fourth-order valence-corrected chi connectivity index (χ4v) is 1.47. The van der Waals surface area contributed by atoms with Crippen LogP contribution in [0, 0.1) is 0 Å². The second-order valence-electron chi connectivity index (χ2n) is 4.15. The zero-order valence-corrected chi connectivity index (χ0v) is 10.0. The lowest BCUT2D eigenvalue weighted by atomic mass is 10.2. The minimum atomic E-state index is -0.480. The van der Waals surface area contributed by atoms with Crippen LogP contribution in [0.15, 0.2) is 0 Å². The van der Waals surface area contributed by atoms with Gasteiger partial charge < -0.3 is 15.0 Å². The maximum atomic E-state index is 11.6. The Kier molecular flexibility index (Phi) is 4.54. The molecule has 0 radical (unpaired) electrons. The van der Waals surface area contributed by atoms with Crippen molar-refractivity contribution in [1.29, 1.82) is 0 Å². The van der Waals surface area contributed by atoms with Gasteiger partial charge in [-0.1, -0.05) is 0 Å².